The van der Waals surface area contributed by atoms with Crippen LogP contribution in [-0.2, 0) is 16.4 Å². The molecule has 2 heterocycles. The maximum Gasteiger partial charge on any atom is 0.175 e. The predicted molar refractivity (Wildman–Crippen MR) is 93.6 cm³/mol. The van der Waals surface area contributed by atoms with Crippen LogP contribution in [0.15, 0.2) is 64.1 Å². The zero-order valence-corrected chi connectivity index (χ0v) is 14.3. The highest BCUT2D eigenvalue weighted by atomic mass is 32.2. The summed E-state index contributed by atoms with van der Waals surface area (Å²) in [6.07, 6.45) is 2.91. The molecule has 0 saturated carbocycles. The smallest absolute Gasteiger partial charge is 0.175 e. The molecule has 6 heteroatoms. The summed E-state index contributed by atoms with van der Waals surface area (Å²) >= 11 is 0. The molecule has 24 heavy (non-hydrogen) atoms. The van der Waals surface area contributed by atoms with E-state index in [4.69, 9.17) is 4.42 Å². The number of hydrogen-bond donors (Lipinski definition) is 1. The number of nitrogens with one attached hydrogen (secondary N) is 1. The second-order valence-electron chi connectivity index (χ2n) is 5.65. The van der Waals surface area contributed by atoms with Gasteiger partial charge in [0.15, 0.2) is 9.84 Å². The number of rotatable bonds is 5. The molecule has 0 bridgehead atoms. The van der Waals surface area contributed by atoms with E-state index in [1.807, 2.05) is 31.2 Å². The highest BCUT2D eigenvalue weighted by Gasteiger charge is 2.08. The molecule has 3 aromatic rings. The van der Waals surface area contributed by atoms with Gasteiger partial charge in [-0.3, -0.25) is 0 Å². The Hall–Kier alpha value is -2.60. The van der Waals surface area contributed by atoms with Crippen molar-refractivity contribution in [1.29, 1.82) is 0 Å². The Kier molecular flexibility index (Phi) is 4.40. The molecule has 5 nitrogen and oxygen atoms in total. The summed E-state index contributed by atoms with van der Waals surface area (Å²) in [6.45, 7) is 2.53. The normalized spacial score (nSPS) is 11.4. The van der Waals surface area contributed by atoms with Gasteiger partial charge in [-0.15, -0.1) is 0 Å². The number of aromatic nitrogens is 1. The fourth-order valence-corrected chi connectivity index (χ4v) is 2.96. The number of benzene rings is 1. The largest absolute Gasteiger partial charge is 0.467 e. The summed E-state index contributed by atoms with van der Waals surface area (Å²) in [5.74, 6) is 1.57. The molecule has 0 saturated heterocycles. The molecule has 2 aromatic heterocycles. The molecule has 0 aliphatic carbocycles. The molecule has 0 spiro atoms. The van der Waals surface area contributed by atoms with Crippen molar-refractivity contribution >= 4 is 15.7 Å². The average Bonchev–Trinajstić information content (AvgIpc) is 2.98. The van der Waals surface area contributed by atoms with Crippen LogP contribution < -0.4 is 5.32 Å². The Morgan fingerprint density at radius 1 is 1.12 bits per heavy atom. The summed E-state index contributed by atoms with van der Waals surface area (Å²) < 4.78 is 28.4. The van der Waals surface area contributed by atoms with Crippen molar-refractivity contribution in [1.82, 2.24) is 4.98 Å². The number of nitrogens with zero attached hydrogens (tertiary/aromatic N) is 1. The molecule has 0 atom stereocenters. The topological polar surface area (TPSA) is 72.2 Å². The fraction of sp³-hybridized carbons (Fsp3) is 0.167. The van der Waals surface area contributed by atoms with E-state index in [-0.39, 0.29) is 0 Å². The van der Waals surface area contributed by atoms with Gasteiger partial charge in [0.25, 0.3) is 0 Å². The Morgan fingerprint density at radius 3 is 2.50 bits per heavy atom. The van der Waals surface area contributed by atoms with Gasteiger partial charge >= 0.3 is 0 Å². The van der Waals surface area contributed by atoms with Crippen molar-refractivity contribution in [3.63, 3.8) is 0 Å². The van der Waals surface area contributed by atoms with Crippen molar-refractivity contribution in [3.8, 4) is 11.3 Å². The van der Waals surface area contributed by atoms with Gasteiger partial charge < -0.3 is 9.73 Å². The van der Waals surface area contributed by atoms with Gasteiger partial charge in [0.05, 0.1) is 23.4 Å². The zero-order chi connectivity index (χ0) is 17.2. The Balaban J connectivity index is 1.77. The van der Waals surface area contributed by atoms with Crippen LogP contribution in [0, 0.1) is 6.92 Å². The zero-order valence-electron chi connectivity index (χ0n) is 13.5. The van der Waals surface area contributed by atoms with E-state index < -0.39 is 9.84 Å². The van der Waals surface area contributed by atoms with Crippen molar-refractivity contribution in [2.24, 2.45) is 0 Å². The Labute approximate surface area is 141 Å². The maximum atomic E-state index is 11.5. The van der Waals surface area contributed by atoms with Crippen molar-refractivity contribution in [3.05, 3.63) is 66.1 Å². The first-order valence-electron chi connectivity index (χ1n) is 7.47. The van der Waals surface area contributed by atoms with E-state index >= 15 is 0 Å². The standard InChI is InChI=1S/C18H18N2O3S/c1-13-10-15(23-12-13)11-19-18-5-3-4-17(20-18)14-6-8-16(9-7-14)24(2,21)22/h3-10,12H,11H2,1-2H3,(H,19,20). The van der Waals surface area contributed by atoms with Crippen LogP contribution in [0.4, 0.5) is 5.82 Å². The Bertz CT molecular complexity index is 944. The van der Waals surface area contributed by atoms with Crippen LogP contribution in [0.25, 0.3) is 11.3 Å². The molecule has 0 unspecified atom stereocenters. The lowest BCUT2D eigenvalue weighted by Crippen LogP contribution is -2.01. The number of hydrogen-bond acceptors (Lipinski definition) is 5. The maximum absolute atomic E-state index is 11.5. The summed E-state index contributed by atoms with van der Waals surface area (Å²) in [5.41, 5.74) is 2.72. The fourth-order valence-electron chi connectivity index (χ4n) is 2.33. The van der Waals surface area contributed by atoms with Gasteiger partial charge in [-0.25, -0.2) is 13.4 Å². The second-order valence-corrected chi connectivity index (χ2v) is 7.66. The first kappa shape index (κ1) is 16.3. The SMILES string of the molecule is Cc1coc(CNc2cccc(-c3ccc(S(C)(=O)=O)cc3)n2)c1. The molecule has 1 aromatic carbocycles. The molecule has 0 aliphatic heterocycles. The second kappa shape index (κ2) is 6.49. The third kappa shape index (κ3) is 3.83. The quantitative estimate of drug-likeness (QED) is 0.766. The molecular formula is C18H18N2O3S. The minimum Gasteiger partial charge on any atom is -0.467 e. The molecule has 0 fully saturated rings. The third-order valence-corrected chi connectivity index (χ3v) is 4.68. The lowest BCUT2D eigenvalue weighted by molar-refractivity contribution is 0.516. The van der Waals surface area contributed by atoms with Crippen LogP contribution in [0.5, 0.6) is 0 Å². The van der Waals surface area contributed by atoms with Gasteiger partial charge in [0.1, 0.15) is 11.6 Å². The highest BCUT2D eigenvalue weighted by molar-refractivity contribution is 7.90. The molecular weight excluding hydrogens is 324 g/mol. The lowest BCUT2D eigenvalue weighted by atomic mass is 10.1. The molecule has 0 amide bonds. The molecule has 0 radical (unpaired) electrons. The van der Waals surface area contributed by atoms with Crippen LogP contribution >= 0.6 is 0 Å². The molecule has 1 N–H and O–H groups in total. The number of aryl methyl sites for hydroxylation is 1. The van der Waals surface area contributed by atoms with E-state index in [1.54, 1.807) is 30.5 Å². The van der Waals surface area contributed by atoms with Crippen molar-refractivity contribution in [2.45, 2.75) is 18.4 Å². The van der Waals surface area contributed by atoms with Crippen LogP contribution in [-0.4, -0.2) is 19.7 Å². The van der Waals surface area contributed by atoms with Gasteiger partial charge in [-0.05, 0) is 42.8 Å². The first-order valence-corrected chi connectivity index (χ1v) is 9.36. The Morgan fingerprint density at radius 2 is 1.88 bits per heavy atom. The summed E-state index contributed by atoms with van der Waals surface area (Å²) in [4.78, 5) is 4.85. The summed E-state index contributed by atoms with van der Waals surface area (Å²) in [6, 6.07) is 14.4. The van der Waals surface area contributed by atoms with Gasteiger partial charge in [0.2, 0.25) is 0 Å². The van der Waals surface area contributed by atoms with Gasteiger partial charge in [0, 0.05) is 11.8 Å². The number of sulfone groups is 1. The van der Waals surface area contributed by atoms with Crippen molar-refractivity contribution in [2.75, 3.05) is 11.6 Å². The monoisotopic (exact) mass is 342 g/mol. The van der Waals surface area contributed by atoms with E-state index in [0.717, 1.165) is 28.4 Å². The van der Waals surface area contributed by atoms with E-state index in [0.29, 0.717) is 11.4 Å². The summed E-state index contributed by atoms with van der Waals surface area (Å²) in [7, 11) is -3.19. The van der Waals surface area contributed by atoms with Crippen molar-refractivity contribution < 1.29 is 12.8 Å². The lowest BCUT2D eigenvalue weighted by Gasteiger charge is -2.07. The third-order valence-electron chi connectivity index (χ3n) is 3.56. The minimum absolute atomic E-state index is 0.300. The van der Waals surface area contributed by atoms with Crippen LogP contribution in [0.2, 0.25) is 0 Å². The molecule has 124 valence electrons. The average molecular weight is 342 g/mol. The molecule has 0 aliphatic rings. The van der Waals surface area contributed by atoms with Crippen LogP contribution in [0.3, 0.4) is 0 Å². The number of furan rings is 1. The van der Waals surface area contributed by atoms with Gasteiger partial charge in [-0.1, -0.05) is 18.2 Å². The highest BCUT2D eigenvalue weighted by Crippen LogP contribution is 2.21. The summed E-state index contributed by atoms with van der Waals surface area (Å²) in [5, 5.41) is 3.22. The van der Waals surface area contributed by atoms with E-state index in [2.05, 4.69) is 10.3 Å². The number of anilines is 1. The van der Waals surface area contributed by atoms with Gasteiger partial charge in [-0.2, -0.15) is 0 Å². The minimum atomic E-state index is -3.19. The van der Waals surface area contributed by atoms with E-state index in [1.165, 1.54) is 6.26 Å². The van der Waals surface area contributed by atoms with Crippen LogP contribution in [0.1, 0.15) is 11.3 Å². The molecule has 3 rings (SSSR count). The predicted octanol–water partition coefficient (Wildman–Crippen LogP) is 3.67. The number of pyridine rings is 1. The van der Waals surface area contributed by atoms with E-state index in [9.17, 15) is 8.42 Å². The first-order chi connectivity index (χ1) is 11.4.